The largest absolute Gasteiger partial charge is 0.381 e. The minimum Gasteiger partial charge on any atom is -0.381 e. The second-order valence-corrected chi connectivity index (χ2v) is 4.44. The van der Waals surface area contributed by atoms with Gasteiger partial charge in [0.25, 0.3) is 0 Å². The first kappa shape index (κ1) is 13.3. The van der Waals surface area contributed by atoms with E-state index in [1.165, 1.54) is 19.3 Å². The van der Waals surface area contributed by atoms with Crippen LogP contribution in [-0.2, 0) is 4.74 Å². The first-order valence-corrected chi connectivity index (χ1v) is 6.27. The summed E-state index contributed by atoms with van der Waals surface area (Å²) in [6, 6.07) is 0. The monoisotopic (exact) mass is 227 g/mol. The summed E-state index contributed by atoms with van der Waals surface area (Å²) in [5, 5.41) is 3.38. The zero-order valence-electron chi connectivity index (χ0n) is 10.8. The smallest absolute Gasteiger partial charge is 0.193 e. The molecule has 0 radical (unpaired) electrons. The Morgan fingerprint density at radius 2 is 2.38 bits per heavy atom. The van der Waals surface area contributed by atoms with E-state index in [2.05, 4.69) is 29.2 Å². The number of guanidine groups is 1. The second kappa shape index (κ2) is 7.49. The summed E-state index contributed by atoms with van der Waals surface area (Å²) < 4.78 is 5.38. The van der Waals surface area contributed by atoms with Crippen LogP contribution in [-0.4, -0.2) is 51.3 Å². The van der Waals surface area contributed by atoms with E-state index in [0.29, 0.717) is 5.92 Å². The van der Waals surface area contributed by atoms with Gasteiger partial charge in [-0.3, -0.25) is 4.99 Å². The summed E-state index contributed by atoms with van der Waals surface area (Å²) >= 11 is 0. The Balaban J connectivity index is 2.27. The average molecular weight is 227 g/mol. The van der Waals surface area contributed by atoms with Crippen LogP contribution in [0.2, 0.25) is 0 Å². The molecule has 0 aromatic rings. The number of nitrogens with one attached hydrogen (secondary N) is 1. The molecule has 1 heterocycles. The highest BCUT2D eigenvalue weighted by Gasteiger charge is 2.18. The number of unbranched alkanes of at least 4 members (excludes halogenated alkanes) is 1. The van der Waals surface area contributed by atoms with Gasteiger partial charge < -0.3 is 15.0 Å². The van der Waals surface area contributed by atoms with E-state index in [1.54, 1.807) is 0 Å². The first-order chi connectivity index (χ1) is 7.77. The lowest BCUT2D eigenvalue weighted by Crippen LogP contribution is -2.41. The van der Waals surface area contributed by atoms with Crippen molar-refractivity contribution in [3.05, 3.63) is 0 Å². The second-order valence-electron chi connectivity index (χ2n) is 4.44. The maximum absolute atomic E-state index is 5.38. The molecule has 0 aliphatic carbocycles. The highest BCUT2D eigenvalue weighted by Crippen LogP contribution is 2.13. The van der Waals surface area contributed by atoms with Crippen LogP contribution < -0.4 is 5.32 Å². The van der Waals surface area contributed by atoms with Gasteiger partial charge in [-0.15, -0.1) is 0 Å². The third-order valence-electron chi connectivity index (χ3n) is 2.94. The predicted molar refractivity (Wildman–Crippen MR) is 67.8 cm³/mol. The molecule has 0 saturated carbocycles. The van der Waals surface area contributed by atoms with Gasteiger partial charge >= 0.3 is 0 Å². The van der Waals surface area contributed by atoms with Crippen molar-refractivity contribution < 1.29 is 4.74 Å². The minimum atomic E-state index is 0.662. The molecule has 94 valence electrons. The summed E-state index contributed by atoms with van der Waals surface area (Å²) in [6.07, 6.45) is 3.58. The van der Waals surface area contributed by atoms with Gasteiger partial charge in [-0.05, 0) is 12.8 Å². The van der Waals surface area contributed by atoms with Crippen molar-refractivity contribution in [2.24, 2.45) is 10.9 Å². The molecule has 1 atom stereocenters. The minimum absolute atomic E-state index is 0.662. The summed E-state index contributed by atoms with van der Waals surface area (Å²) in [6.45, 7) is 6.06. The van der Waals surface area contributed by atoms with E-state index in [4.69, 9.17) is 4.74 Å². The number of hydrogen-bond acceptors (Lipinski definition) is 2. The number of rotatable bonds is 5. The van der Waals surface area contributed by atoms with E-state index in [1.807, 2.05) is 7.05 Å². The molecule has 1 fully saturated rings. The molecule has 0 aromatic heterocycles. The lowest BCUT2D eigenvalue weighted by Gasteiger charge is -2.24. The van der Waals surface area contributed by atoms with Crippen molar-refractivity contribution in [2.45, 2.75) is 26.2 Å². The summed E-state index contributed by atoms with van der Waals surface area (Å²) in [5.41, 5.74) is 0. The van der Waals surface area contributed by atoms with E-state index >= 15 is 0 Å². The first-order valence-electron chi connectivity index (χ1n) is 6.27. The van der Waals surface area contributed by atoms with Gasteiger partial charge in [0.1, 0.15) is 0 Å². The van der Waals surface area contributed by atoms with Gasteiger partial charge in [0.2, 0.25) is 0 Å². The average Bonchev–Trinajstić information content (AvgIpc) is 2.77. The summed E-state index contributed by atoms with van der Waals surface area (Å²) in [5.74, 6) is 1.66. The molecule has 1 unspecified atom stereocenters. The van der Waals surface area contributed by atoms with Crippen molar-refractivity contribution in [3.63, 3.8) is 0 Å². The van der Waals surface area contributed by atoms with Crippen molar-refractivity contribution in [3.8, 4) is 0 Å². The van der Waals surface area contributed by atoms with Crippen LogP contribution in [0.4, 0.5) is 0 Å². The molecule has 0 amide bonds. The van der Waals surface area contributed by atoms with Crippen LogP contribution in [0.5, 0.6) is 0 Å². The Labute approximate surface area is 99.1 Å². The number of ether oxygens (including phenoxy) is 1. The van der Waals surface area contributed by atoms with Crippen LogP contribution in [0.25, 0.3) is 0 Å². The normalized spacial score (nSPS) is 21.2. The zero-order chi connectivity index (χ0) is 11.8. The lowest BCUT2D eigenvalue weighted by atomic mass is 10.1. The highest BCUT2D eigenvalue weighted by molar-refractivity contribution is 5.79. The molecule has 0 bridgehead atoms. The van der Waals surface area contributed by atoms with Crippen LogP contribution in [0.1, 0.15) is 26.2 Å². The maximum Gasteiger partial charge on any atom is 0.193 e. The SMILES string of the molecule is CCCCNC(=NC)N(C)CC1CCOC1. The molecule has 1 rings (SSSR count). The van der Waals surface area contributed by atoms with Gasteiger partial charge in [0.15, 0.2) is 5.96 Å². The van der Waals surface area contributed by atoms with Gasteiger partial charge in [0, 0.05) is 39.7 Å². The lowest BCUT2D eigenvalue weighted by molar-refractivity contribution is 0.181. The Morgan fingerprint density at radius 1 is 1.56 bits per heavy atom. The topological polar surface area (TPSA) is 36.9 Å². The summed E-state index contributed by atoms with van der Waals surface area (Å²) in [7, 11) is 3.94. The zero-order valence-corrected chi connectivity index (χ0v) is 10.8. The molecule has 16 heavy (non-hydrogen) atoms. The third-order valence-corrected chi connectivity index (χ3v) is 2.94. The molecule has 4 nitrogen and oxygen atoms in total. The molecular weight excluding hydrogens is 202 g/mol. The van der Waals surface area contributed by atoms with Crippen molar-refractivity contribution >= 4 is 5.96 Å². The Morgan fingerprint density at radius 3 is 2.94 bits per heavy atom. The molecule has 1 N–H and O–H groups in total. The fraction of sp³-hybridized carbons (Fsp3) is 0.917. The molecule has 0 spiro atoms. The Hall–Kier alpha value is -0.770. The summed E-state index contributed by atoms with van der Waals surface area (Å²) in [4.78, 5) is 6.50. The quantitative estimate of drug-likeness (QED) is 0.437. The molecule has 0 aromatic carbocycles. The maximum atomic E-state index is 5.38. The fourth-order valence-electron chi connectivity index (χ4n) is 1.96. The van der Waals surface area contributed by atoms with Crippen molar-refractivity contribution in [1.29, 1.82) is 0 Å². The van der Waals surface area contributed by atoms with Crippen molar-refractivity contribution in [1.82, 2.24) is 10.2 Å². The van der Waals surface area contributed by atoms with Gasteiger partial charge in [0.05, 0.1) is 6.61 Å². The van der Waals surface area contributed by atoms with Gasteiger partial charge in [-0.1, -0.05) is 13.3 Å². The predicted octanol–water partition coefficient (Wildman–Crippen LogP) is 1.33. The van der Waals surface area contributed by atoms with E-state index in [-0.39, 0.29) is 0 Å². The molecule has 4 heteroatoms. The van der Waals surface area contributed by atoms with Crippen LogP contribution in [0.3, 0.4) is 0 Å². The Bertz CT molecular complexity index is 212. The standard InChI is InChI=1S/C12H25N3O/c1-4-5-7-14-12(13-2)15(3)9-11-6-8-16-10-11/h11H,4-10H2,1-3H3,(H,13,14). The van der Waals surface area contributed by atoms with Crippen molar-refractivity contribution in [2.75, 3.05) is 40.4 Å². The number of hydrogen-bond donors (Lipinski definition) is 1. The molecular formula is C12H25N3O. The number of nitrogens with zero attached hydrogens (tertiary/aromatic N) is 2. The molecule has 1 saturated heterocycles. The molecule has 1 aliphatic heterocycles. The molecule has 1 aliphatic rings. The fourth-order valence-corrected chi connectivity index (χ4v) is 1.96. The van der Waals surface area contributed by atoms with E-state index < -0.39 is 0 Å². The van der Waals surface area contributed by atoms with E-state index in [9.17, 15) is 0 Å². The van der Waals surface area contributed by atoms with Crippen LogP contribution >= 0.6 is 0 Å². The van der Waals surface area contributed by atoms with E-state index in [0.717, 1.165) is 32.3 Å². The van der Waals surface area contributed by atoms with Crippen LogP contribution in [0.15, 0.2) is 4.99 Å². The van der Waals surface area contributed by atoms with Gasteiger partial charge in [-0.2, -0.15) is 0 Å². The number of aliphatic imine (C=N–C) groups is 1. The third kappa shape index (κ3) is 4.39. The van der Waals surface area contributed by atoms with Gasteiger partial charge in [-0.25, -0.2) is 0 Å². The highest BCUT2D eigenvalue weighted by atomic mass is 16.5. The van der Waals surface area contributed by atoms with Crippen LogP contribution in [0, 0.1) is 5.92 Å². The Kier molecular flexibility index (Phi) is 6.23.